The number of hydrogen-bond donors (Lipinski definition) is 1. The van der Waals surface area contributed by atoms with Crippen molar-refractivity contribution < 1.29 is 13.9 Å². The second-order valence-corrected chi connectivity index (χ2v) is 5.79. The van der Waals surface area contributed by atoms with Crippen LogP contribution in [0, 0.1) is 5.82 Å². The van der Waals surface area contributed by atoms with Gasteiger partial charge in [0.2, 0.25) is 5.91 Å². The predicted octanol–water partition coefficient (Wildman–Crippen LogP) is 2.80. The largest absolute Gasteiger partial charge is 0.496 e. The molecule has 24 heavy (non-hydrogen) atoms. The molecule has 1 unspecified atom stereocenters. The van der Waals surface area contributed by atoms with Crippen LogP contribution in [0.1, 0.15) is 17.2 Å². The lowest BCUT2D eigenvalue weighted by atomic mass is 10.0. The third kappa shape index (κ3) is 4.55. The molecule has 0 heterocycles. The van der Waals surface area contributed by atoms with E-state index >= 15 is 0 Å². The molecule has 0 bridgehead atoms. The van der Waals surface area contributed by atoms with E-state index in [4.69, 9.17) is 4.74 Å². The van der Waals surface area contributed by atoms with Crippen LogP contribution in [-0.4, -0.2) is 38.6 Å². The first-order chi connectivity index (χ1) is 11.5. The Bertz CT molecular complexity index is 689. The summed E-state index contributed by atoms with van der Waals surface area (Å²) in [6, 6.07) is 14.0. The Morgan fingerprint density at radius 2 is 1.83 bits per heavy atom. The van der Waals surface area contributed by atoms with Gasteiger partial charge >= 0.3 is 0 Å². The van der Waals surface area contributed by atoms with E-state index in [9.17, 15) is 9.18 Å². The minimum Gasteiger partial charge on any atom is -0.496 e. The van der Waals surface area contributed by atoms with Crippen LogP contribution < -0.4 is 10.1 Å². The topological polar surface area (TPSA) is 41.6 Å². The summed E-state index contributed by atoms with van der Waals surface area (Å²) in [6.07, 6.45) is 0.0265. The molecular formula is C19H23FN2O2. The molecule has 0 aliphatic heterocycles. The number of nitrogens with zero attached hydrogens (tertiary/aromatic N) is 1. The highest BCUT2D eigenvalue weighted by atomic mass is 19.1. The van der Waals surface area contributed by atoms with Crippen LogP contribution in [0.15, 0.2) is 48.5 Å². The molecule has 1 amide bonds. The molecule has 0 saturated heterocycles. The van der Waals surface area contributed by atoms with Crippen molar-refractivity contribution in [1.82, 2.24) is 10.2 Å². The van der Waals surface area contributed by atoms with Crippen LogP contribution in [0.5, 0.6) is 5.75 Å². The van der Waals surface area contributed by atoms with Crippen molar-refractivity contribution in [3.8, 4) is 5.75 Å². The smallest absolute Gasteiger partial charge is 0.224 e. The van der Waals surface area contributed by atoms with Gasteiger partial charge in [-0.3, -0.25) is 4.79 Å². The van der Waals surface area contributed by atoms with E-state index in [1.54, 1.807) is 25.3 Å². The molecule has 1 N–H and O–H groups in total. The van der Waals surface area contributed by atoms with E-state index in [0.717, 1.165) is 11.3 Å². The number of carbonyl (C=O) groups excluding carboxylic acids is 1. The van der Waals surface area contributed by atoms with Crippen LogP contribution in [-0.2, 0) is 11.2 Å². The number of benzene rings is 2. The summed E-state index contributed by atoms with van der Waals surface area (Å²) in [7, 11) is 5.52. The standard InChI is InChI=1S/C19H23FN2O2/c1-22(2)17(15-9-5-7-11-18(15)24-3)13-21-19(23)12-14-8-4-6-10-16(14)20/h4-11,17H,12-13H2,1-3H3,(H,21,23). The molecule has 0 fully saturated rings. The number of likely N-dealkylation sites (N-methyl/N-ethyl adjacent to an activating group) is 1. The highest BCUT2D eigenvalue weighted by Crippen LogP contribution is 2.27. The quantitative estimate of drug-likeness (QED) is 0.849. The molecule has 2 rings (SSSR count). The van der Waals surface area contributed by atoms with Crippen LogP contribution >= 0.6 is 0 Å². The minimum atomic E-state index is -0.360. The van der Waals surface area contributed by atoms with Crippen molar-refractivity contribution in [3.63, 3.8) is 0 Å². The van der Waals surface area contributed by atoms with Gasteiger partial charge in [-0.15, -0.1) is 0 Å². The first-order valence-corrected chi connectivity index (χ1v) is 7.82. The second kappa shape index (κ2) is 8.45. The number of methoxy groups -OCH3 is 1. The van der Waals surface area contributed by atoms with Crippen LogP contribution in [0.4, 0.5) is 4.39 Å². The Morgan fingerprint density at radius 3 is 2.50 bits per heavy atom. The van der Waals surface area contributed by atoms with Crippen molar-refractivity contribution in [2.45, 2.75) is 12.5 Å². The van der Waals surface area contributed by atoms with Gasteiger partial charge in [-0.2, -0.15) is 0 Å². The van der Waals surface area contributed by atoms with Gasteiger partial charge in [0.05, 0.1) is 19.6 Å². The summed E-state index contributed by atoms with van der Waals surface area (Å²) in [5.41, 5.74) is 1.39. The molecule has 0 saturated carbocycles. The molecular weight excluding hydrogens is 307 g/mol. The molecule has 0 spiro atoms. The van der Waals surface area contributed by atoms with Crippen LogP contribution in [0.3, 0.4) is 0 Å². The number of halogens is 1. The molecule has 0 radical (unpaired) electrons. The van der Waals surface area contributed by atoms with E-state index < -0.39 is 0 Å². The van der Waals surface area contributed by atoms with Gasteiger partial charge in [0.1, 0.15) is 11.6 Å². The molecule has 0 aliphatic rings. The summed E-state index contributed by atoms with van der Waals surface area (Å²) >= 11 is 0. The van der Waals surface area contributed by atoms with Gasteiger partial charge in [-0.05, 0) is 31.8 Å². The lowest BCUT2D eigenvalue weighted by Crippen LogP contribution is -2.35. The van der Waals surface area contributed by atoms with Gasteiger partial charge in [-0.1, -0.05) is 36.4 Å². The average Bonchev–Trinajstić information content (AvgIpc) is 2.57. The van der Waals surface area contributed by atoms with Crippen LogP contribution in [0.25, 0.3) is 0 Å². The molecule has 2 aromatic carbocycles. The third-order valence-electron chi connectivity index (χ3n) is 3.92. The van der Waals surface area contributed by atoms with E-state index in [0.29, 0.717) is 12.1 Å². The number of para-hydroxylation sites is 1. The van der Waals surface area contributed by atoms with Gasteiger partial charge in [0.15, 0.2) is 0 Å². The summed E-state index contributed by atoms with van der Waals surface area (Å²) in [4.78, 5) is 14.2. The van der Waals surface area contributed by atoms with Gasteiger partial charge in [0.25, 0.3) is 0 Å². The molecule has 4 nitrogen and oxygen atoms in total. The summed E-state index contributed by atoms with van der Waals surface area (Å²) in [5, 5.41) is 2.89. The number of hydrogen-bond acceptors (Lipinski definition) is 3. The lowest BCUT2D eigenvalue weighted by Gasteiger charge is -2.26. The second-order valence-electron chi connectivity index (χ2n) is 5.79. The molecule has 2 aromatic rings. The van der Waals surface area contributed by atoms with Crippen molar-refractivity contribution in [3.05, 3.63) is 65.5 Å². The Morgan fingerprint density at radius 1 is 1.17 bits per heavy atom. The fourth-order valence-electron chi connectivity index (χ4n) is 2.60. The number of nitrogens with one attached hydrogen (secondary N) is 1. The Kier molecular flexibility index (Phi) is 6.32. The summed E-state index contributed by atoms with van der Waals surface area (Å²) < 4.78 is 19.0. The summed E-state index contributed by atoms with van der Waals surface area (Å²) in [6.45, 7) is 0.417. The zero-order valence-corrected chi connectivity index (χ0v) is 14.3. The maximum Gasteiger partial charge on any atom is 0.224 e. The van der Waals surface area contributed by atoms with Crippen molar-refractivity contribution >= 4 is 5.91 Å². The Balaban J connectivity index is 2.04. The van der Waals surface area contributed by atoms with E-state index in [-0.39, 0.29) is 24.2 Å². The normalized spacial score (nSPS) is 12.0. The molecule has 5 heteroatoms. The molecule has 128 valence electrons. The maximum absolute atomic E-state index is 13.6. The fourth-order valence-corrected chi connectivity index (χ4v) is 2.60. The van der Waals surface area contributed by atoms with Gasteiger partial charge < -0.3 is 15.0 Å². The van der Waals surface area contributed by atoms with Crippen molar-refractivity contribution in [2.24, 2.45) is 0 Å². The monoisotopic (exact) mass is 330 g/mol. The third-order valence-corrected chi connectivity index (χ3v) is 3.92. The van der Waals surface area contributed by atoms with E-state index in [1.807, 2.05) is 43.3 Å². The highest BCUT2D eigenvalue weighted by molar-refractivity contribution is 5.78. The van der Waals surface area contributed by atoms with E-state index in [1.165, 1.54) is 6.07 Å². The average molecular weight is 330 g/mol. The molecule has 0 aromatic heterocycles. The number of ether oxygens (including phenoxy) is 1. The fraction of sp³-hybridized carbons (Fsp3) is 0.316. The predicted molar refractivity (Wildman–Crippen MR) is 92.5 cm³/mol. The number of carbonyl (C=O) groups is 1. The van der Waals surface area contributed by atoms with Gasteiger partial charge in [-0.25, -0.2) is 4.39 Å². The first-order valence-electron chi connectivity index (χ1n) is 7.82. The Labute approximate surface area is 142 Å². The zero-order chi connectivity index (χ0) is 17.5. The first kappa shape index (κ1) is 17.9. The van der Waals surface area contributed by atoms with E-state index in [2.05, 4.69) is 5.32 Å². The zero-order valence-electron chi connectivity index (χ0n) is 14.3. The van der Waals surface area contributed by atoms with Crippen LogP contribution in [0.2, 0.25) is 0 Å². The highest BCUT2D eigenvalue weighted by Gasteiger charge is 2.19. The molecule has 0 aliphatic carbocycles. The number of amides is 1. The van der Waals surface area contributed by atoms with Gasteiger partial charge in [0, 0.05) is 12.1 Å². The van der Waals surface area contributed by atoms with Crippen molar-refractivity contribution in [2.75, 3.05) is 27.7 Å². The molecule has 1 atom stereocenters. The summed E-state index contributed by atoms with van der Waals surface area (Å²) in [5.74, 6) is 0.211. The Hall–Kier alpha value is -2.40. The lowest BCUT2D eigenvalue weighted by molar-refractivity contribution is -0.120. The minimum absolute atomic E-state index is 0.0265. The SMILES string of the molecule is COc1ccccc1C(CNC(=O)Cc1ccccc1F)N(C)C. The number of rotatable bonds is 7. The van der Waals surface area contributed by atoms with Crippen molar-refractivity contribution in [1.29, 1.82) is 0 Å². The maximum atomic E-state index is 13.6.